The number of thiazole rings is 1. The van der Waals surface area contributed by atoms with Crippen molar-refractivity contribution < 1.29 is 9.53 Å². The molecule has 0 aliphatic carbocycles. The normalized spacial score (nSPS) is 17.3. The zero-order valence-corrected chi connectivity index (χ0v) is 15.3. The molecular formula is C19H20N4O2S. The Balaban J connectivity index is 1.47. The molecule has 7 heteroatoms. The Morgan fingerprint density at radius 1 is 1.38 bits per heavy atom. The van der Waals surface area contributed by atoms with Crippen LogP contribution in [0.5, 0.6) is 5.75 Å². The van der Waals surface area contributed by atoms with Crippen molar-refractivity contribution >= 4 is 32.6 Å². The number of rotatable bonds is 4. The number of benzene rings is 1. The number of fused-ring (bicyclic) bond motifs is 1. The van der Waals surface area contributed by atoms with Gasteiger partial charge < -0.3 is 15.0 Å². The van der Waals surface area contributed by atoms with E-state index in [1.165, 1.54) is 0 Å². The summed E-state index contributed by atoms with van der Waals surface area (Å²) in [6.45, 7) is 1.72. The van der Waals surface area contributed by atoms with Crippen LogP contribution in [0.1, 0.15) is 23.2 Å². The molecule has 1 aliphatic heterocycles. The fourth-order valence-corrected chi connectivity index (χ4v) is 4.22. The number of nitrogens with zero attached hydrogens (tertiary/aromatic N) is 3. The molecule has 1 fully saturated rings. The van der Waals surface area contributed by atoms with Gasteiger partial charge in [0.15, 0.2) is 5.13 Å². The van der Waals surface area contributed by atoms with Gasteiger partial charge in [0, 0.05) is 31.5 Å². The van der Waals surface area contributed by atoms with Gasteiger partial charge in [-0.1, -0.05) is 11.3 Å². The highest BCUT2D eigenvalue weighted by atomic mass is 32.1. The Kier molecular flexibility index (Phi) is 4.71. The van der Waals surface area contributed by atoms with E-state index in [2.05, 4.69) is 15.2 Å². The Morgan fingerprint density at radius 3 is 3.12 bits per heavy atom. The van der Waals surface area contributed by atoms with Gasteiger partial charge in [0.2, 0.25) is 0 Å². The Bertz CT molecular complexity index is 912. The fourth-order valence-electron chi connectivity index (χ4n) is 3.19. The first-order valence-electron chi connectivity index (χ1n) is 8.63. The molecule has 1 unspecified atom stereocenters. The molecule has 2 aromatic heterocycles. The van der Waals surface area contributed by atoms with Crippen molar-refractivity contribution in [2.75, 3.05) is 25.1 Å². The Morgan fingerprint density at radius 2 is 2.31 bits per heavy atom. The Hall–Kier alpha value is -2.67. The number of nitrogens with one attached hydrogen (secondary N) is 1. The minimum Gasteiger partial charge on any atom is -0.497 e. The first kappa shape index (κ1) is 16.8. The number of aromatic nitrogens is 2. The van der Waals surface area contributed by atoms with Gasteiger partial charge in [0.1, 0.15) is 5.75 Å². The van der Waals surface area contributed by atoms with Crippen LogP contribution in [0.2, 0.25) is 0 Å². The molecule has 3 aromatic rings. The second-order valence-electron chi connectivity index (χ2n) is 6.33. The minimum atomic E-state index is -0.0704. The monoisotopic (exact) mass is 368 g/mol. The molecule has 134 valence electrons. The van der Waals surface area contributed by atoms with E-state index < -0.39 is 0 Å². The molecule has 6 nitrogen and oxygen atoms in total. The number of carbonyl (C=O) groups excluding carboxylic acids is 1. The van der Waals surface area contributed by atoms with E-state index >= 15 is 0 Å². The van der Waals surface area contributed by atoms with E-state index in [0.29, 0.717) is 5.56 Å². The average molecular weight is 368 g/mol. The van der Waals surface area contributed by atoms with Crippen LogP contribution < -0.4 is 15.0 Å². The number of anilines is 1. The third-order valence-corrected chi connectivity index (χ3v) is 5.61. The van der Waals surface area contributed by atoms with Gasteiger partial charge in [-0.3, -0.25) is 9.78 Å². The van der Waals surface area contributed by atoms with Crippen LogP contribution >= 0.6 is 11.3 Å². The summed E-state index contributed by atoms with van der Waals surface area (Å²) in [5, 5.41) is 4.12. The van der Waals surface area contributed by atoms with Crippen LogP contribution in [0.25, 0.3) is 10.2 Å². The summed E-state index contributed by atoms with van der Waals surface area (Å²) in [5.74, 6) is 0.770. The van der Waals surface area contributed by atoms with Crippen molar-refractivity contribution in [3.63, 3.8) is 0 Å². The van der Waals surface area contributed by atoms with Gasteiger partial charge >= 0.3 is 0 Å². The lowest BCUT2D eigenvalue weighted by atomic mass is 10.1. The zero-order valence-electron chi connectivity index (χ0n) is 14.5. The van der Waals surface area contributed by atoms with Crippen molar-refractivity contribution in [3.05, 3.63) is 48.3 Å². The maximum absolute atomic E-state index is 12.4. The highest BCUT2D eigenvalue weighted by molar-refractivity contribution is 7.22. The molecule has 0 saturated carbocycles. The number of amides is 1. The van der Waals surface area contributed by atoms with Gasteiger partial charge in [0.05, 0.1) is 22.9 Å². The molecule has 3 heterocycles. The molecule has 1 aromatic carbocycles. The van der Waals surface area contributed by atoms with Crippen LogP contribution in [0, 0.1) is 0 Å². The summed E-state index contributed by atoms with van der Waals surface area (Å²) in [7, 11) is 1.67. The molecule has 26 heavy (non-hydrogen) atoms. The highest BCUT2D eigenvalue weighted by Crippen LogP contribution is 2.32. The maximum atomic E-state index is 12.4. The van der Waals surface area contributed by atoms with Gasteiger partial charge in [0.25, 0.3) is 5.91 Å². The quantitative estimate of drug-likeness (QED) is 0.766. The average Bonchev–Trinajstić information content (AvgIpc) is 3.12. The second kappa shape index (κ2) is 7.29. The molecular weight excluding hydrogens is 348 g/mol. The summed E-state index contributed by atoms with van der Waals surface area (Å²) in [4.78, 5) is 23.4. The van der Waals surface area contributed by atoms with E-state index in [1.807, 2.05) is 18.2 Å². The lowest BCUT2D eigenvalue weighted by Crippen LogP contribution is -2.47. The molecule has 0 bridgehead atoms. The number of carbonyl (C=O) groups is 1. The molecule has 1 N–H and O–H groups in total. The molecule has 1 atom stereocenters. The lowest BCUT2D eigenvalue weighted by molar-refractivity contribution is 0.0933. The lowest BCUT2D eigenvalue weighted by Gasteiger charge is -2.32. The summed E-state index contributed by atoms with van der Waals surface area (Å²) < 4.78 is 6.40. The summed E-state index contributed by atoms with van der Waals surface area (Å²) in [5.41, 5.74) is 1.57. The van der Waals surface area contributed by atoms with Crippen molar-refractivity contribution in [2.24, 2.45) is 0 Å². The number of hydrogen-bond acceptors (Lipinski definition) is 6. The van der Waals surface area contributed by atoms with Crippen molar-refractivity contribution in [3.8, 4) is 5.75 Å². The molecule has 0 spiro atoms. The number of ether oxygens (including phenoxy) is 1. The second-order valence-corrected chi connectivity index (χ2v) is 7.34. The van der Waals surface area contributed by atoms with E-state index in [-0.39, 0.29) is 11.9 Å². The van der Waals surface area contributed by atoms with E-state index in [9.17, 15) is 4.79 Å². The Labute approximate surface area is 155 Å². The summed E-state index contributed by atoms with van der Waals surface area (Å²) in [6.07, 6.45) is 5.26. The number of methoxy groups -OCH3 is 1. The number of hydrogen-bond donors (Lipinski definition) is 1. The molecule has 0 radical (unpaired) electrons. The predicted molar refractivity (Wildman–Crippen MR) is 103 cm³/mol. The van der Waals surface area contributed by atoms with Crippen LogP contribution in [0.3, 0.4) is 0 Å². The fraction of sp³-hybridized carbons (Fsp3) is 0.316. The minimum absolute atomic E-state index is 0.0704. The largest absolute Gasteiger partial charge is 0.497 e. The topological polar surface area (TPSA) is 67.3 Å². The molecule has 1 amide bonds. The van der Waals surface area contributed by atoms with Crippen molar-refractivity contribution in [1.29, 1.82) is 0 Å². The van der Waals surface area contributed by atoms with Crippen LogP contribution in [-0.2, 0) is 0 Å². The first-order chi connectivity index (χ1) is 12.7. The summed E-state index contributed by atoms with van der Waals surface area (Å²) >= 11 is 1.66. The standard InChI is InChI=1S/C19H20N4O2S/c1-25-15-6-7-16-17(10-15)26-19(22-16)23-9-3-5-14(12-23)21-18(24)13-4-2-8-20-11-13/h2,4,6-8,10-11,14H,3,5,9,12H2,1H3,(H,21,24). The van der Waals surface area contributed by atoms with Crippen molar-refractivity contribution in [1.82, 2.24) is 15.3 Å². The van der Waals surface area contributed by atoms with Crippen LogP contribution in [0.15, 0.2) is 42.7 Å². The predicted octanol–water partition coefficient (Wildman–Crippen LogP) is 3.10. The van der Waals surface area contributed by atoms with Gasteiger partial charge in [-0.15, -0.1) is 0 Å². The molecule has 1 saturated heterocycles. The third kappa shape index (κ3) is 3.48. The van der Waals surface area contributed by atoms with E-state index in [4.69, 9.17) is 9.72 Å². The van der Waals surface area contributed by atoms with Crippen LogP contribution in [0.4, 0.5) is 5.13 Å². The molecule has 1 aliphatic rings. The van der Waals surface area contributed by atoms with E-state index in [1.54, 1.807) is 43.0 Å². The molecule has 4 rings (SSSR count). The highest BCUT2D eigenvalue weighted by Gasteiger charge is 2.24. The zero-order chi connectivity index (χ0) is 17.9. The van der Waals surface area contributed by atoms with Crippen LogP contribution in [-0.4, -0.2) is 42.1 Å². The summed E-state index contributed by atoms with van der Waals surface area (Å²) in [6, 6.07) is 9.60. The van der Waals surface area contributed by atoms with E-state index in [0.717, 1.165) is 47.0 Å². The van der Waals surface area contributed by atoms with Gasteiger partial charge in [-0.25, -0.2) is 4.98 Å². The number of pyridine rings is 1. The number of piperidine rings is 1. The smallest absolute Gasteiger partial charge is 0.253 e. The SMILES string of the molecule is COc1ccc2nc(N3CCCC(NC(=O)c4cccnc4)C3)sc2c1. The van der Waals surface area contributed by atoms with Gasteiger partial charge in [-0.2, -0.15) is 0 Å². The van der Waals surface area contributed by atoms with Crippen molar-refractivity contribution in [2.45, 2.75) is 18.9 Å². The maximum Gasteiger partial charge on any atom is 0.253 e. The first-order valence-corrected chi connectivity index (χ1v) is 9.45. The third-order valence-electron chi connectivity index (χ3n) is 4.54. The van der Waals surface area contributed by atoms with Gasteiger partial charge in [-0.05, 0) is 43.2 Å².